The molecule has 0 saturated heterocycles. The summed E-state index contributed by atoms with van der Waals surface area (Å²) < 4.78 is 0. The van der Waals surface area contributed by atoms with Crippen molar-refractivity contribution in [3.8, 4) is 0 Å². The number of nitrogens with one attached hydrogen (secondary N) is 4. The fraction of sp³-hybridized carbons (Fsp3) is 0.229. The van der Waals surface area contributed by atoms with E-state index in [1.807, 2.05) is 103 Å². The molecule has 0 aliphatic heterocycles. The topological polar surface area (TPSA) is 99.3 Å². The Kier molecular flexibility index (Phi) is 11.7. The molecule has 4 amide bonds. The molecule has 0 heterocycles. The lowest BCUT2D eigenvalue weighted by atomic mass is 10.0. The van der Waals surface area contributed by atoms with Gasteiger partial charge in [-0.05, 0) is 60.1 Å². The zero-order valence-corrected chi connectivity index (χ0v) is 23.8. The lowest BCUT2D eigenvalue weighted by Crippen LogP contribution is -2.37. The molecule has 0 radical (unpaired) electrons. The first-order valence-electron chi connectivity index (χ1n) is 14.4. The highest BCUT2D eigenvalue weighted by Crippen LogP contribution is 2.12. The van der Waals surface area contributed by atoms with Crippen molar-refractivity contribution in [3.63, 3.8) is 0 Å². The van der Waals surface area contributed by atoms with Gasteiger partial charge in [-0.1, -0.05) is 97.1 Å². The van der Waals surface area contributed by atoms with E-state index < -0.39 is 0 Å². The van der Waals surface area contributed by atoms with Crippen molar-refractivity contribution in [1.29, 1.82) is 0 Å². The van der Waals surface area contributed by atoms with E-state index in [2.05, 4.69) is 21.3 Å². The highest BCUT2D eigenvalue weighted by atomic mass is 16.2. The van der Waals surface area contributed by atoms with Crippen LogP contribution in [0.4, 0.5) is 4.79 Å². The summed E-state index contributed by atoms with van der Waals surface area (Å²) in [4.78, 5) is 38.1. The summed E-state index contributed by atoms with van der Waals surface area (Å²) in [5.74, 6) is -0.294. The van der Waals surface area contributed by atoms with Crippen LogP contribution in [0.5, 0.6) is 0 Å². The highest BCUT2D eigenvalue weighted by molar-refractivity contribution is 5.96. The van der Waals surface area contributed by atoms with Crippen molar-refractivity contribution >= 4 is 17.8 Å². The van der Waals surface area contributed by atoms with Crippen molar-refractivity contribution < 1.29 is 14.4 Å². The van der Waals surface area contributed by atoms with Crippen LogP contribution in [0.3, 0.4) is 0 Å². The molecule has 4 aromatic carbocycles. The van der Waals surface area contributed by atoms with E-state index >= 15 is 0 Å². The number of benzene rings is 4. The maximum Gasteiger partial charge on any atom is 0.314 e. The Morgan fingerprint density at radius 2 is 0.762 bits per heavy atom. The second kappa shape index (κ2) is 16.4. The van der Waals surface area contributed by atoms with Crippen LogP contribution in [-0.2, 0) is 25.7 Å². The van der Waals surface area contributed by atoms with Crippen molar-refractivity contribution in [1.82, 2.24) is 21.3 Å². The SMILES string of the molecule is O=C(NCCc1ccccc1)NCCc1ccccc1C(=O)NCCc1ccccc1C(=O)NCCc1ccccc1. The van der Waals surface area contributed by atoms with Gasteiger partial charge >= 0.3 is 6.03 Å². The summed E-state index contributed by atoms with van der Waals surface area (Å²) in [5.41, 5.74) is 5.28. The summed E-state index contributed by atoms with van der Waals surface area (Å²) in [6, 6.07) is 34.7. The summed E-state index contributed by atoms with van der Waals surface area (Å²) in [6.45, 7) is 1.90. The third kappa shape index (κ3) is 9.63. The fourth-order valence-corrected chi connectivity index (χ4v) is 4.72. The Morgan fingerprint density at radius 1 is 0.405 bits per heavy atom. The molecule has 0 aliphatic carbocycles. The molecule has 7 nitrogen and oxygen atoms in total. The molecule has 4 aromatic rings. The average Bonchev–Trinajstić information content (AvgIpc) is 3.02. The van der Waals surface area contributed by atoms with E-state index in [0.29, 0.717) is 50.1 Å². The lowest BCUT2D eigenvalue weighted by molar-refractivity contribution is 0.0948. The summed E-state index contributed by atoms with van der Waals surface area (Å²) in [5, 5.41) is 11.7. The number of hydrogen-bond donors (Lipinski definition) is 4. The Labute approximate surface area is 247 Å². The van der Waals surface area contributed by atoms with Crippen molar-refractivity contribution in [2.45, 2.75) is 25.7 Å². The second-order valence-electron chi connectivity index (χ2n) is 9.98. The first kappa shape index (κ1) is 30.1. The average molecular weight is 563 g/mol. The Balaban J connectivity index is 1.21. The summed E-state index contributed by atoms with van der Waals surface area (Å²) >= 11 is 0. The van der Waals surface area contributed by atoms with Gasteiger partial charge in [0.25, 0.3) is 11.8 Å². The summed E-state index contributed by atoms with van der Waals surface area (Å²) in [7, 11) is 0. The van der Waals surface area contributed by atoms with Gasteiger partial charge in [-0.3, -0.25) is 9.59 Å². The largest absolute Gasteiger partial charge is 0.352 e. The molecule has 216 valence electrons. The molecule has 4 rings (SSSR count). The number of amides is 4. The fourth-order valence-electron chi connectivity index (χ4n) is 4.72. The number of urea groups is 1. The highest BCUT2D eigenvalue weighted by Gasteiger charge is 2.13. The minimum atomic E-state index is -0.226. The van der Waals surface area contributed by atoms with E-state index in [4.69, 9.17) is 0 Å². The normalized spacial score (nSPS) is 10.5. The van der Waals surface area contributed by atoms with Gasteiger partial charge in [0.15, 0.2) is 0 Å². The zero-order valence-electron chi connectivity index (χ0n) is 23.8. The van der Waals surface area contributed by atoms with Crippen LogP contribution in [0.1, 0.15) is 43.0 Å². The smallest absolute Gasteiger partial charge is 0.314 e. The van der Waals surface area contributed by atoms with Gasteiger partial charge < -0.3 is 21.3 Å². The number of hydrogen-bond acceptors (Lipinski definition) is 3. The molecule has 0 atom stereocenters. The molecular formula is C35H38N4O3. The predicted octanol–water partition coefficient (Wildman–Crippen LogP) is 4.72. The van der Waals surface area contributed by atoms with Crippen LogP contribution in [0.15, 0.2) is 109 Å². The lowest BCUT2D eigenvalue weighted by Gasteiger charge is -2.13. The first-order valence-corrected chi connectivity index (χ1v) is 14.4. The molecule has 0 aromatic heterocycles. The van der Waals surface area contributed by atoms with Crippen LogP contribution in [-0.4, -0.2) is 44.0 Å². The molecule has 0 aliphatic rings. The third-order valence-corrected chi connectivity index (χ3v) is 6.97. The number of carbonyl (C=O) groups is 3. The molecule has 7 heteroatoms. The third-order valence-electron chi connectivity index (χ3n) is 6.97. The van der Waals surface area contributed by atoms with Crippen LogP contribution >= 0.6 is 0 Å². The van der Waals surface area contributed by atoms with Gasteiger partial charge in [0.1, 0.15) is 0 Å². The van der Waals surface area contributed by atoms with Gasteiger partial charge in [-0.15, -0.1) is 0 Å². The second-order valence-corrected chi connectivity index (χ2v) is 9.98. The van der Waals surface area contributed by atoms with Crippen molar-refractivity contribution in [2.24, 2.45) is 0 Å². The quantitative estimate of drug-likeness (QED) is 0.179. The molecular weight excluding hydrogens is 524 g/mol. The van der Waals surface area contributed by atoms with Crippen LogP contribution < -0.4 is 21.3 Å². The molecule has 0 bridgehead atoms. The first-order chi connectivity index (χ1) is 20.6. The van der Waals surface area contributed by atoms with Crippen molar-refractivity contribution in [2.75, 3.05) is 26.2 Å². The minimum absolute atomic E-state index is 0.116. The van der Waals surface area contributed by atoms with Gasteiger partial charge in [-0.25, -0.2) is 4.79 Å². The van der Waals surface area contributed by atoms with Crippen LogP contribution in [0, 0.1) is 0 Å². The maximum absolute atomic E-state index is 13.0. The van der Waals surface area contributed by atoms with E-state index in [-0.39, 0.29) is 17.8 Å². The molecule has 0 fully saturated rings. The van der Waals surface area contributed by atoms with E-state index in [0.717, 1.165) is 24.0 Å². The van der Waals surface area contributed by atoms with Gasteiger partial charge in [0, 0.05) is 37.3 Å². The van der Waals surface area contributed by atoms with Gasteiger partial charge in [0.05, 0.1) is 0 Å². The monoisotopic (exact) mass is 562 g/mol. The Bertz CT molecular complexity index is 1440. The van der Waals surface area contributed by atoms with Crippen LogP contribution in [0.25, 0.3) is 0 Å². The molecule has 0 unspecified atom stereocenters. The standard InChI is InChI=1S/C35H38N4O3/c40-33(36-23-19-27-11-3-1-4-12-27)31-17-9-7-15-29(31)21-25-37-34(41)32-18-10-8-16-30(32)22-26-39-35(42)38-24-20-28-13-5-2-6-14-28/h1-18H,19-26H2,(H,36,40)(H,37,41)(H2,38,39,42). The summed E-state index contributed by atoms with van der Waals surface area (Å²) in [6.07, 6.45) is 2.59. The Morgan fingerprint density at radius 3 is 1.24 bits per heavy atom. The zero-order chi connectivity index (χ0) is 29.4. The number of carbonyl (C=O) groups excluding carboxylic acids is 3. The predicted molar refractivity (Wildman–Crippen MR) is 167 cm³/mol. The number of rotatable bonds is 14. The molecule has 0 spiro atoms. The van der Waals surface area contributed by atoms with Crippen molar-refractivity contribution in [3.05, 3.63) is 143 Å². The van der Waals surface area contributed by atoms with Gasteiger partial charge in [0.2, 0.25) is 0 Å². The molecule has 4 N–H and O–H groups in total. The van der Waals surface area contributed by atoms with E-state index in [1.54, 1.807) is 6.07 Å². The molecule has 0 saturated carbocycles. The Hall–Kier alpha value is -4.91. The van der Waals surface area contributed by atoms with E-state index in [1.165, 1.54) is 11.1 Å². The minimum Gasteiger partial charge on any atom is -0.352 e. The maximum atomic E-state index is 13.0. The van der Waals surface area contributed by atoms with E-state index in [9.17, 15) is 14.4 Å². The van der Waals surface area contributed by atoms with Gasteiger partial charge in [-0.2, -0.15) is 0 Å². The van der Waals surface area contributed by atoms with Crippen LogP contribution in [0.2, 0.25) is 0 Å². The molecule has 42 heavy (non-hydrogen) atoms.